The number of aromatic nitrogens is 4. The number of piperazine rings is 1. The third-order valence-electron chi connectivity index (χ3n) is 4.07. The molecule has 0 atom stereocenters. The number of carbonyl (C=O) groups is 1. The van der Waals surface area contributed by atoms with Crippen LogP contribution in [0.25, 0.3) is 0 Å². The molecule has 3 heterocycles. The molecule has 1 aliphatic rings. The van der Waals surface area contributed by atoms with Crippen molar-refractivity contribution in [3.8, 4) is 0 Å². The third kappa shape index (κ3) is 4.33. The number of nitrogens with zero attached hydrogens (tertiary/aromatic N) is 7. The summed E-state index contributed by atoms with van der Waals surface area (Å²) in [6.07, 6.45) is 0.265. The zero-order chi connectivity index (χ0) is 17.8. The predicted octanol–water partition coefficient (Wildman–Crippen LogP) is 0.877. The molecule has 0 unspecified atom stereocenters. The molecule has 0 aliphatic carbocycles. The Labute approximate surface area is 151 Å². The molecule has 0 saturated carbocycles. The highest BCUT2D eigenvalue weighted by Gasteiger charge is 2.22. The van der Waals surface area contributed by atoms with E-state index < -0.39 is 0 Å². The first kappa shape index (κ1) is 17.3. The van der Waals surface area contributed by atoms with Gasteiger partial charge in [-0.15, -0.1) is 15.3 Å². The maximum absolute atomic E-state index is 12.5. The van der Waals surface area contributed by atoms with Crippen LogP contribution in [0.1, 0.15) is 5.69 Å². The van der Waals surface area contributed by atoms with Gasteiger partial charge in [-0.1, -0.05) is 11.6 Å². The third-order valence-corrected chi connectivity index (χ3v) is 4.27. The van der Waals surface area contributed by atoms with Crippen LogP contribution in [0.2, 0.25) is 5.15 Å². The minimum atomic E-state index is 0.0637. The van der Waals surface area contributed by atoms with E-state index in [-0.39, 0.29) is 12.3 Å². The van der Waals surface area contributed by atoms with Crippen LogP contribution in [-0.4, -0.2) is 71.5 Å². The van der Waals surface area contributed by atoms with Crippen LogP contribution in [-0.2, 0) is 11.2 Å². The summed E-state index contributed by atoms with van der Waals surface area (Å²) >= 11 is 5.76. The molecule has 25 heavy (non-hydrogen) atoms. The SMILES string of the molecule is CN(C)c1ccc(CC(=O)N2CCN(c3ccc(Cl)nn3)CC2)nn1. The van der Waals surface area contributed by atoms with Crippen LogP contribution in [0.3, 0.4) is 0 Å². The van der Waals surface area contributed by atoms with Crippen LogP contribution in [0.15, 0.2) is 24.3 Å². The van der Waals surface area contributed by atoms with Gasteiger partial charge in [0.05, 0.1) is 12.1 Å². The van der Waals surface area contributed by atoms with E-state index in [2.05, 4.69) is 25.3 Å². The van der Waals surface area contributed by atoms with Crippen molar-refractivity contribution in [1.29, 1.82) is 0 Å². The Balaban J connectivity index is 1.53. The van der Waals surface area contributed by atoms with Gasteiger partial charge >= 0.3 is 0 Å². The summed E-state index contributed by atoms with van der Waals surface area (Å²) in [6.45, 7) is 2.72. The fourth-order valence-corrected chi connectivity index (χ4v) is 2.72. The summed E-state index contributed by atoms with van der Waals surface area (Å²) in [6, 6.07) is 7.28. The van der Waals surface area contributed by atoms with Crippen LogP contribution in [0.4, 0.5) is 11.6 Å². The lowest BCUT2D eigenvalue weighted by Crippen LogP contribution is -2.49. The lowest BCUT2D eigenvalue weighted by atomic mass is 10.2. The van der Waals surface area contributed by atoms with Crippen molar-refractivity contribution in [3.63, 3.8) is 0 Å². The smallest absolute Gasteiger partial charge is 0.228 e. The molecular formula is C16H20ClN7O. The Morgan fingerprint density at radius 3 is 2.36 bits per heavy atom. The van der Waals surface area contributed by atoms with Gasteiger partial charge in [-0.05, 0) is 24.3 Å². The van der Waals surface area contributed by atoms with Crippen molar-refractivity contribution in [2.24, 2.45) is 0 Å². The molecule has 9 heteroatoms. The molecule has 3 rings (SSSR count). The summed E-state index contributed by atoms with van der Waals surface area (Å²) in [7, 11) is 3.80. The second kappa shape index (κ2) is 7.60. The average Bonchev–Trinajstić information content (AvgIpc) is 2.63. The van der Waals surface area contributed by atoms with Gasteiger partial charge < -0.3 is 14.7 Å². The van der Waals surface area contributed by atoms with Crippen molar-refractivity contribution in [2.75, 3.05) is 50.1 Å². The number of hydrogen-bond acceptors (Lipinski definition) is 7. The maximum atomic E-state index is 12.5. The Bertz CT molecular complexity index is 712. The largest absolute Gasteiger partial charge is 0.361 e. The monoisotopic (exact) mass is 361 g/mol. The molecule has 1 amide bonds. The highest BCUT2D eigenvalue weighted by molar-refractivity contribution is 6.29. The highest BCUT2D eigenvalue weighted by Crippen LogP contribution is 2.15. The molecule has 1 saturated heterocycles. The standard InChI is InChI=1S/C16H20ClN7O/c1-22(2)14-5-3-12(18-20-14)11-16(25)24-9-7-23(8-10-24)15-6-4-13(17)19-21-15/h3-6H,7-11H2,1-2H3. The van der Waals surface area contributed by atoms with Gasteiger partial charge in [0.2, 0.25) is 5.91 Å². The van der Waals surface area contributed by atoms with Gasteiger partial charge in [0.15, 0.2) is 16.8 Å². The summed E-state index contributed by atoms with van der Waals surface area (Å²) in [5, 5.41) is 16.5. The zero-order valence-corrected chi connectivity index (χ0v) is 15.0. The van der Waals surface area contributed by atoms with Crippen LogP contribution < -0.4 is 9.80 Å². The van der Waals surface area contributed by atoms with Crippen molar-refractivity contribution in [1.82, 2.24) is 25.3 Å². The Morgan fingerprint density at radius 1 is 1.04 bits per heavy atom. The number of anilines is 2. The number of hydrogen-bond donors (Lipinski definition) is 0. The average molecular weight is 362 g/mol. The molecule has 0 aromatic carbocycles. The Morgan fingerprint density at radius 2 is 1.80 bits per heavy atom. The van der Waals surface area contributed by atoms with E-state index in [4.69, 9.17) is 11.6 Å². The van der Waals surface area contributed by atoms with E-state index in [1.807, 2.05) is 42.1 Å². The number of rotatable bonds is 4. The fraction of sp³-hybridized carbons (Fsp3) is 0.438. The molecule has 0 N–H and O–H groups in total. The predicted molar refractivity (Wildman–Crippen MR) is 95.9 cm³/mol. The van der Waals surface area contributed by atoms with Crippen molar-refractivity contribution >= 4 is 29.1 Å². The van der Waals surface area contributed by atoms with E-state index in [1.54, 1.807) is 6.07 Å². The van der Waals surface area contributed by atoms with E-state index >= 15 is 0 Å². The molecule has 0 radical (unpaired) electrons. The summed E-state index contributed by atoms with van der Waals surface area (Å²) in [4.78, 5) is 18.3. The van der Waals surface area contributed by atoms with Crippen molar-refractivity contribution in [3.05, 3.63) is 35.1 Å². The second-order valence-electron chi connectivity index (χ2n) is 6.04. The van der Waals surface area contributed by atoms with Crippen LogP contribution in [0, 0.1) is 0 Å². The first-order valence-electron chi connectivity index (χ1n) is 8.05. The molecule has 0 bridgehead atoms. The van der Waals surface area contributed by atoms with Gasteiger partial charge in [-0.2, -0.15) is 5.10 Å². The molecular weight excluding hydrogens is 342 g/mol. The maximum Gasteiger partial charge on any atom is 0.228 e. The lowest BCUT2D eigenvalue weighted by molar-refractivity contribution is -0.130. The summed E-state index contributed by atoms with van der Waals surface area (Å²) in [5.74, 6) is 1.62. The topological polar surface area (TPSA) is 78.4 Å². The van der Waals surface area contributed by atoms with E-state index in [1.165, 1.54) is 0 Å². The van der Waals surface area contributed by atoms with Gasteiger partial charge in [-0.25, -0.2) is 0 Å². The number of amides is 1. The van der Waals surface area contributed by atoms with E-state index in [9.17, 15) is 4.79 Å². The highest BCUT2D eigenvalue weighted by atomic mass is 35.5. The molecule has 2 aromatic rings. The molecule has 2 aromatic heterocycles. The minimum Gasteiger partial charge on any atom is -0.361 e. The van der Waals surface area contributed by atoms with Gasteiger partial charge in [-0.3, -0.25) is 4.79 Å². The quantitative estimate of drug-likeness (QED) is 0.799. The summed E-state index contributed by atoms with van der Waals surface area (Å²) < 4.78 is 0. The lowest BCUT2D eigenvalue weighted by Gasteiger charge is -2.35. The minimum absolute atomic E-state index is 0.0637. The number of carbonyl (C=O) groups excluding carboxylic acids is 1. The van der Waals surface area contributed by atoms with Crippen molar-refractivity contribution in [2.45, 2.75) is 6.42 Å². The van der Waals surface area contributed by atoms with Crippen LogP contribution >= 0.6 is 11.6 Å². The first-order chi connectivity index (χ1) is 12.0. The van der Waals surface area contributed by atoms with E-state index in [0.717, 1.165) is 11.6 Å². The Hall–Kier alpha value is -2.48. The first-order valence-corrected chi connectivity index (χ1v) is 8.42. The molecule has 132 valence electrons. The molecule has 8 nitrogen and oxygen atoms in total. The van der Waals surface area contributed by atoms with Crippen molar-refractivity contribution < 1.29 is 4.79 Å². The Kier molecular flexibility index (Phi) is 5.28. The second-order valence-corrected chi connectivity index (χ2v) is 6.42. The van der Waals surface area contributed by atoms with Gasteiger partial charge in [0.25, 0.3) is 0 Å². The van der Waals surface area contributed by atoms with Crippen LogP contribution in [0.5, 0.6) is 0 Å². The molecule has 1 fully saturated rings. The fourth-order valence-electron chi connectivity index (χ4n) is 2.61. The zero-order valence-electron chi connectivity index (χ0n) is 14.3. The molecule has 1 aliphatic heterocycles. The molecule has 0 spiro atoms. The van der Waals surface area contributed by atoms with Gasteiger partial charge in [0, 0.05) is 40.3 Å². The van der Waals surface area contributed by atoms with Gasteiger partial charge in [0.1, 0.15) is 0 Å². The van der Waals surface area contributed by atoms with E-state index in [0.29, 0.717) is 37.0 Å². The normalized spacial score (nSPS) is 14.5. The number of halogens is 1. The summed E-state index contributed by atoms with van der Waals surface area (Å²) in [5.41, 5.74) is 0.682.